The lowest BCUT2D eigenvalue weighted by molar-refractivity contribution is 0.128. The summed E-state index contributed by atoms with van der Waals surface area (Å²) >= 11 is 0. The molecule has 0 aliphatic rings. The number of nitrogens with zero attached hydrogens (tertiary/aromatic N) is 3. The number of rotatable bonds is 7. The number of aromatic nitrogens is 3. The van der Waals surface area contributed by atoms with E-state index in [0.717, 1.165) is 13.0 Å². The van der Waals surface area contributed by atoms with Crippen LogP contribution in [0.5, 0.6) is 0 Å². The largest absolute Gasteiger partial charge is 0.374 e. The molecule has 0 radical (unpaired) electrons. The Hall–Kier alpha value is -2.08. The third-order valence-electron chi connectivity index (χ3n) is 2.76. The maximum absolute atomic E-state index is 13.3. The third-order valence-corrected chi connectivity index (χ3v) is 2.76. The van der Waals surface area contributed by atoms with E-state index < -0.39 is 0 Å². The standard InChI is InChI=1S/C15H19FN4O/c1-3-5-18-14-7-13(11-6-12(16)9-17-8-11)19-15(20-14)10-21-4-2/h6-9H,3-5,10H2,1-2H3,(H,18,19,20). The highest BCUT2D eigenvalue weighted by Gasteiger charge is 2.08. The summed E-state index contributed by atoms with van der Waals surface area (Å²) in [5.41, 5.74) is 1.25. The van der Waals surface area contributed by atoms with Crippen molar-refractivity contribution in [3.63, 3.8) is 0 Å². The number of hydrogen-bond acceptors (Lipinski definition) is 5. The fourth-order valence-electron chi connectivity index (χ4n) is 1.80. The van der Waals surface area contributed by atoms with Gasteiger partial charge in [0, 0.05) is 31.0 Å². The molecule has 2 heterocycles. The quantitative estimate of drug-likeness (QED) is 0.849. The number of hydrogen-bond donors (Lipinski definition) is 1. The highest BCUT2D eigenvalue weighted by molar-refractivity contribution is 5.61. The Kier molecular flexibility index (Phi) is 5.57. The van der Waals surface area contributed by atoms with Crippen molar-refractivity contribution in [1.29, 1.82) is 0 Å². The molecule has 2 aromatic heterocycles. The molecule has 5 nitrogen and oxygen atoms in total. The smallest absolute Gasteiger partial charge is 0.157 e. The lowest BCUT2D eigenvalue weighted by Gasteiger charge is -2.09. The van der Waals surface area contributed by atoms with Gasteiger partial charge in [0.2, 0.25) is 0 Å². The Bertz CT molecular complexity index is 565. The Morgan fingerprint density at radius 2 is 2.05 bits per heavy atom. The molecule has 112 valence electrons. The zero-order chi connectivity index (χ0) is 15.1. The summed E-state index contributed by atoms with van der Waals surface area (Å²) in [6.07, 6.45) is 3.74. The highest BCUT2D eigenvalue weighted by atomic mass is 19.1. The van der Waals surface area contributed by atoms with Crippen LogP contribution < -0.4 is 5.32 Å². The molecule has 0 saturated heterocycles. The maximum Gasteiger partial charge on any atom is 0.157 e. The summed E-state index contributed by atoms with van der Waals surface area (Å²) < 4.78 is 18.7. The second-order valence-electron chi connectivity index (χ2n) is 4.51. The van der Waals surface area contributed by atoms with Crippen LogP contribution >= 0.6 is 0 Å². The van der Waals surface area contributed by atoms with Gasteiger partial charge in [0.1, 0.15) is 18.2 Å². The average Bonchev–Trinajstić information content (AvgIpc) is 2.50. The monoisotopic (exact) mass is 290 g/mol. The molecule has 21 heavy (non-hydrogen) atoms. The second-order valence-corrected chi connectivity index (χ2v) is 4.51. The van der Waals surface area contributed by atoms with Gasteiger partial charge in [0.05, 0.1) is 11.9 Å². The first-order valence-corrected chi connectivity index (χ1v) is 7.03. The summed E-state index contributed by atoms with van der Waals surface area (Å²) in [6.45, 7) is 5.72. The fourth-order valence-corrected chi connectivity index (χ4v) is 1.80. The SMILES string of the molecule is CCCNc1cc(-c2cncc(F)c2)nc(COCC)n1. The molecule has 0 aliphatic heterocycles. The summed E-state index contributed by atoms with van der Waals surface area (Å²) in [5.74, 6) is 0.888. The van der Waals surface area contributed by atoms with E-state index in [0.29, 0.717) is 36.1 Å². The molecular formula is C15H19FN4O. The molecule has 0 saturated carbocycles. The van der Waals surface area contributed by atoms with Crippen molar-refractivity contribution in [3.05, 3.63) is 36.2 Å². The van der Waals surface area contributed by atoms with Crippen molar-refractivity contribution >= 4 is 5.82 Å². The Labute approximate surface area is 123 Å². The van der Waals surface area contributed by atoms with E-state index in [9.17, 15) is 4.39 Å². The van der Waals surface area contributed by atoms with Crippen LogP contribution in [0.15, 0.2) is 24.5 Å². The van der Waals surface area contributed by atoms with E-state index in [-0.39, 0.29) is 5.82 Å². The van der Waals surface area contributed by atoms with E-state index in [4.69, 9.17) is 4.74 Å². The minimum atomic E-state index is -0.388. The molecule has 0 bridgehead atoms. The number of halogens is 1. The van der Waals surface area contributed by atoms with Crippen molar-refractivity contribution in [2.45, 2.75) is 26.9 Å². The van der Waals surface area contributed by atoms with Gasteiger partial charge in [-0.25, -0.2) is 14.4 Å². The van der Waals surface area contributed by atoms with Crippen LogP contribution in [0.1, 0.15) is 26.1 Å². The Morgan fingerprint density at radius 1 is 1.19 bits per heavy atom. The van der Waals surface area contributed by atoms with Crippen molar-refractivity contribution < 1.29 is 9.13 Å². The Morgan fingerprint density at radius 3 is 2.76 bits per heavy atom. The van der Waals surface area contributed by atoms with Gasteiger partial charge in [-0.05, 0) is 19.4 Å². The van der Waals surface area contributed by atoms with Crippen molar-refractivity contribution in [3.8, 4) is 11.3 Å². The van der Waals surface area contributed by atoms with E-state index in [1.54, 1.807) is 12.3 Å². The molecule has 0 atom stereocenters. The third kappa shape index (κ3) is 4.46. The van der Waals surface area contributed by atoms with Crippen LogP contribution in [0.2, 0.25) is 0 Å². The van der Waals surface area contributed by atoms with Gasteiger partial charge in [0.15, 0.2) is 5.82 Å². The van der Waals surface area contributed by atoms with E-state index in [1.165, 1.54) is 12.3 Å². The first-order valence-electron chi connectivity index (χ1n) is 7.03. The summed E-state index contributed by atoms with van der Waals surface area (Å²) in [7, 11) is 0. The summed E-state index contributed by atoms with van der Waals surface area (Å²) in [6, 6.07) is 3.20. The van der Waals surface area contributed by atoms with Crippen LogP contribution in [-0.2, 0) is 11.3 Å². The predicted octanol–water partition coefficient (Wildman–Crippen LogP) is 3.04. The first-order chi connectivity index (χ1) is 10.2. The number of pyridine rings is 1. The van der Waals surface area contributed by atoms with Crippen LogP contribution in [-0.4, -0.2) is 28.1 Å². The predicted molar refractivity (Wildman–Crippen MR) is 79.3 cm³/mol. The van der Waals surface area contributed by atoms with Gasteiger partial charge in [-0.1, -0.05) is 6.92 Å². The van der Waals surface area contributed by atoms with E-state index in [1.807, 2.05) is 6.92 Å². The molecule has 0 aliphatic carbocycles. The number of anilines is 1. The minimum absolute atomic E-state index is 0.327. The van der Waals surface area contributed by atoms with Gasteiger partial charge in [0.25, 0.3) is 0 Å². The zero-order valence-corrected chi connectivity index (χ0v) is 12.3. The summed E-state index contributed by atoms with van der Waals surface area (Å²) in [5, 5.41) is 3.22. The molecule has 0 spiro atoms. The van der Waals surface area contributed by atoms with Gasteiger partial charge in [-0.15, -0.1) is 0 Å². The molecule has 2 rings (SSSR count). The molecule has 2 aromatic rings. The molecule has 0 unspecified atom stereocenters. The zero-order valence-electron chi connectivity index (χ0n) is 12.3. The second kappa shape index (κ2) is 7.64. The van der Waals surface area contributed by atoms with Gasteiger partial charge < -0.3 is 10.1 Å². The summed E-state index contributed by atoms with van der Waals surface area (Å²) in [4.78, 5) is 12.7. The normalized spacial score (nSPS) is 10.6. The van der Waals surface area contributed by atoms with Crippen LogP contribution in [0.25, 0.3) is 11.3 Å². The van der Waals surface area contributed by atoms with Gasteiger partial charge >= 0.3 is 0 Å². The molecular weight excluding hydrogens is 271 g/mol. The van der Waals surface area contributed by atoms with E-state index in [2.05, 4.69) is 27.2 Å². The van der Waals surface area contributed by atoms with Crippen LogP contribution in [0, 0.1) is 5.82 Å². The van der Waals surface area contributed by atoms with E-state index >= 15 is 0 Å². The lowest BCUT2D eigenvalue weighted by atomic mass is 10.2. The van der Waals surface area contributed by atoms with Crippen LogP contribution in [0.3, 0.4) is 0 Å². The average molecular weight is 290 g/mol. The molecule has 0 fully saturated rings. The van der Waals surface area contributed by atoms with Gasteiger partial charge in [-0.2, -0.15) is 0 Å². The van der Waals surface area contributed by atoms with Crippen molar-refractivity contribution in [2.24, 2.45) is 0 Å². The van der Waals surface area contributed by atoms with Crippen molar-refractivity contribution in [1.82, 2.24) is 15.0 Å². The molecule has 6 heteroatoms. The molecule has 0 aromatic carbocycles. The van der Waals surface area contributed by atoms with Crippen molar-refractivity contribution in [2.75, 3.05) is 18.5 Å². The maximum atomic E-state index is 13.3. The highest BCUT2D eigenvalue weighted by Crippen LogP contribution is 2.20. The van der Waals surface area contributed by atoms with Gasteiger partial charge in [-0.3, -0.25) is 4.98 Å². The Balaban J connectivity index is 2.33. The number of ether oxygens (including phenoxy) is 1. The number of nitrogens with one attached hydrogen (secondary N) is 1. The lowest BCUT2D eigenvalue weighted by Crippen LogP contribution is -2.07. The minimum Gasteiger partial charge on any atom is -0.374 e. The topological polar surface area (TPSA) is 59.9 Å². The fraction of sp³-hybridized carbons (Fsp3) is 0.400. The molecule has 1 N–H and O–H groups in total. The first kappa shape index (κ1) is 15.3. The van der Waals surface area contributed by atoms with Crippen LogP contribution in [0.4, 0.5) is 10.2 Å². The molecule has 0 amide bonds.